The molecule has 2 rings (SSSR count). The number of rotatable bonds is 1. The minimum atomic E-state index is -0.262. The first-order valence-electron chi connectivity index (χ1n) is 5.10. The lowest BCUT2D eigenvalue weighted by molar-refractivity contribution is 0.824. The van der Waals surface area contributed by atoms with Gasteiger partial charge in [-0.25, -0.2) is 15.5 Å². The molecule has 2 aromatic rings. The summed E-state index contributed by atoms with van der Waals surface area (Å²) in [4.78, 5) is 16.8. The van der Waals surface area contributed by atoms with E-state index < -0.39 is 0 Å². The Morgan fingerprint density at radius 3 is 2.79 bits per heavy atom. The number of nitrogens with two attached hydrogens (primary N) is 1. The highest BCUT2D eigenvalue weighted by Gasteiger charge is 2.12. The first-order chi connectivity index (χ1) is 8.93. The van der Waals surface area contributed by atoms with E-state index in [2.05, 4.69) is 47.7 Å². The molecule has 0 saturated heterocycles. The summed E-state index contributed by atoms with van der Waals surface area (Å²) in [6.07, 6.45) is 0. The Morgan fingerprint density at radius 1 is 1.47 bits per heavy atom. The fourth-order valence-electron chi connectivity index (χ4n) is 1.59. The summed E-state index contributed by atoms with van der Waals surface area (Å²) < 4.78 is 2.76. The van der Waals surface area contributed by atoms with Crippen molar-refractivity contribution in [2.75, 3.05) is 5.43 Å². The molecule has 6 nitrogen and oxygen atoms in total. The Morgan fingerprint density at radius 2 is 2.16 bits per heavy atom. The van der Waals surface area contributed by atoms with Gasteiger partial charge in [-0.2, -0.15) is 0 Å². The van der Waals surface area contributed by atoms with Gasteiger partial charge in [-0.05, 0) is 47.2 Å². The second-order valence-corrected chi connectivity index (χ2v) is 5.85. The molecule has 1 heterocycles. The minimum absolute atomic E-state index is 0.125. The first-order valence-corrected chi connectivity index (χ1v) is 7.09. The molecule has 9 heteroatoms. The summed E-state index contributed by atoms with van der Waals surface area (Å²) >= 11 is 11.6. The van der Waals surface area contributed by atoms with Crippen LogP contribution in [0.2, 0.25) is 0 Å². The zero-order valence-corrected chi connectivity index (χ0v) is 13.7. The number of hydrazine groups is 1. The van der Waals surface area contributed by atoms with E-state index in [1.165, 1.54) is 4.68 Å². The highest BCUT2D eigenvalue weighted by molar-refractivity contribution is 9.11. The van der Waals surface area contributed by atoms with Crippen molar-refractivity contribution < 1.29 is 0 Å². The molecule has 0 spiro atoms. The fourth-order valence-corrected chi connectivity index (χ4v) is 2.99. The second-order valence-electron chi connectivity index (χ2n) is 3.67. The van der Waals surface area contributed by atoms with Crippen LogP contribution in [0.1, 0.15) is 5.82 Å². The quantitative estimate of drug-likeness (QED) is 0.378. The molecule has 0 atom stereocenters. The summed E-state index contributed by atoms with van der Waals surface area (Å²) in [6.45, 7) is 1.70. The lowest BCUT2D eigenvalue weighted by atomic mass is 10.2. The van der Waals surface area contributed by atoms with Crippen molar-refractivity contribution in [2.24, 2.45) is 5.84 Å². The number of fused-ring (bicyclic) bond motifs is 1. The van der Waals surface area contributed by atoms with Gasteiger partial charge < -0.3 is 0 Å². The van der Waals surface area contributed by atoms with E-state index in [1.54, 1.807) is 13.0 Å². The van der Waals surface area contributed by atoms with Crippen LogP contribution in [-0.2, 0) is 0 Å². The number of nitrogens with one attached hydrogen (secondary N) is 2. The van der Waals surface area contributed by atoms with E-state index in [4.69, 9.17) is 18.1 Å². The molecule has 0 fully saturated rings. The summed E-state index contributed by atoms with van der Waals surface area (Å²) in [5, 5.41) is 0.583. The molecular formula is C10H9Br2N5OS. The standard InChI is InChI=1S/C10H9Br2N5OS/c1-4-14-8-6(2-5(11)3-7(8)12)9(18)17(4)16-10(19)15-13/h2-3H,13H2,1H3,(H2,15,16,19). The summed E-state index contributed by atoms with van der Waals surface area (Å²) in [5.74, 6) is 5.65. The lowest BCUT2D eigenvalue weighted by Gasteiger charge is -2.13. The van der Waals surface area contributed by atoms with Crippen molar-refractivity contribution >= 4 is 60.1 Å². The van der Waals surface area contributed by atoms with Gasteiger partial charge in [0.2, 0.25) is 0 Å². The SMILES string of the molecule is Cc1nc2c(Br)cc(Br)cc2c(=O)n1NC(=S)NN. The number of thiocarbonyl (C=S) groups is 1. The summed E-state index contributed by atoms with van der Waals surface area (Å²) in [6, 6.07) is 3.53. The highest BCUT2D eigenvalue weighted by Crippen LogP contribution is 2.25. The molecule has 0 unspecified atom stereocenters. The second kappa shape index (κ2) is 5.53. The third kappa shape index (κ3) is 2.78. The van der Waals surface area contributed by atoms with E-state index in [1.807, 2.05) is 6.07 Å². The van der Waals surface area contributed by atoms with E-state index in [0.717, 1.165) is 8.95 Å². The third-order valence-electron chi connectivity index (χ3n) is 2.40. The van der Waals surface area contributed by atoms with Gasteiger partial charge in [-0.15, -0.1) is 0 Å². The van der Waals surface area contributed by atoms with Crippen LogP contribution in [0.3, 0.4) is 0 Å². The van der Waals surface area contributed by atoms with Crippen LogP contribution in [0, 0.1) is 6.92 Å². The maximum atomic E-state index is 12.4. The Labute approximate surface area is 130 Å². The molecule has 0 aliphatic heterocycles. The first kappa shape index (κ1) is 14.4. The van der Waals surface area contributed by atoms with Gasteiger partial charge in [0.15, 0.2) is 5.11 Å². The predicted octanol–water partition coefficient (Wildman–Crippen LogP) is 1.52. The van der Waals surface area contributed by atoms with Crippen molar-refractivity contribution in [1.82, 2.24) is 15.1 Å². The van der Waals surface area contributed by atoms with Gasteiger partial charge >= 0.3 is 0 Å². The van der Waals surface area contributed by atoms with Gasteiger partial charge in [0.05, 0.1) is 10.9 Å². The number of aromatic nitrogens is 2. The molecule has 100 valence electrons. The molecule has 0 aliphatic rings. The molecule has 1 aromatic carbocycles. The van der Waals surface area contributed by atoms with Crippen LogP contribution >= 0.6 is 44.1 Å². The third-order valence-corrected chi connectivity index (χ3v) is 3.67. The number of aryl methyl sites for hydroxylation is 1. The number of hydrogen-bond acceptors (Lipinski definition) is 4. The molecule has 0 aliphatic carbocycles. The molecular weight excluding hydrogens is 398 g/mol. The Bertz CT molecular complexity index is 730. The molecule has 4 N–H and O–H groups in total. The lowest BCUT2D eigenvalue weighted by Crippen LogP contribution is -2.43. The Hall–Kier alpha value is -1.03. The van der Waals surface area contributed by atoms with Crippen molar-refractivity contribution in [3.63, 3.8) is 0 Å². The van der Waals surface area contributed by atoms with Crippen LogP contribution in [0.15, 0.2) is 25.9 Å². The zero-order valence-electron chi connectivity index (χ0n) is 9.70. The van der Waals surface area contributed by atoms with Crippen LogP contribution < -0.4 is 22.3 Å². The maximum Gasteiger partial charge on any atom is 0.280 e. The molecule has 0 saturated carbocycles. The molecule has 1 aromatic heterocycles. The smallest absolute Gasteiger partial charge is 0.280 e. The maximum absolute atomic E-state index is 12.4. The molecule has 0 bridgehead atoms. The average Bonchev–Trinajstić information content (AvgIpc) is 2.36. The van der Waals surface area contributed by atoms with E-state index in [0.29, 0.717) is 16.7 Å². The number of hydrogen-bond donors (Lipinski definition) is 3. The van der Waals surface area contributed by atoms with Gasteiger partial charge in [-0.3, -0.25) is 15.6 Å². The van der Waals surface area contributed by atoms with Crippen LogP contribution in [0.5, 0.6) is 0 Å². The van der Waals surface area contributed by atoms with Crippen LogP contribution in [-0.4, -0.2) is 14.8 Å². The van der Waals surface area contributed by atoms with Gasteiger partial charge in [0.25, 0.3) is 5.56 Å². The highest BCUT2D eigenvalue weighted by atomic mass is 79.9. The number of nitrogens with zero attached hydrogens (tertiary/aromatic N) is 2. The Balaban J connectivity index is 2.74. The average molecular weight is 407 g/mol. The summed E-state index contributed by atoms with van der Waals surface area (Å²) in [5.41, 5.74) is 5.25. The van der Waals surface area contributed by atoms with Crippen molar-refractivity contribution in [2.45, 2.75) is 6.92 Å². The van der Waals surface area contributed by atoms with Crippen molar-refractivity contribution in [1.29, 1.82) is 0 Å². The van der Waals surface area contributed by atoms with Crippen molar-refractivity contribution in [3.05, 3.63) is 37.3 Å². The Kier molecular flexibility index (Phi) is 4.19. The molecule has 19 heavy (non-hydrogen) atoms. The predicted molar refractivity (Wildman–Crippen MR) is 85.4 cm³/mol. The number of benzene rings is 1. The van der Waals surface area contributed by atoms with Gasteiger partial charge in [0.1, 0.15) is 5.82 Å². The minimum Gasteiger partial charge on any atom is -0.300 e. The largest absolute Gasteiger partial charge is 0.300 e. The zero-order chi connectivity index (χ0) is 14.2. The van der Waals surface area contributed by atoms with Gasteiger partial charge in [-0.1, -0.05) is 15.9 Å². The fraction of sp³-hybridized carbons (Fsp3) is 0.100. The van der Waals surface area contributed by atoms with Crippen molar-refractivity contribution in [3.8, 4) is 0 Å². The normalized spacial score (nSPS) is 10.5. The monoisotopic (exact) mass is 405 g/mol. The summed E-state index contributed by atoms with van der Waals surface area (Å²) in [7, 11) is 0. The molecule has 0 radical (unpaired) electrons. The van der Waals surface area contributed by atoms with Crippen LogP contribution in [0.4, 0.5) is 0 Å². The van der Waals surface area contributed by atoms with E-state index in [-0.39, 0.29) is 10.7 Å². The van der Waals surface area contributed by atoms with Gasteiger partial charge in [0, 0.05) is 8.95 Å². The topological polar surface area (TPSA) is 85.0 Å². The number of halogens is 2. The van der Waals surface area contributed by atoms with Crippen LogP contribution in [0.25, 0.3) is 10.9 Å². The van der Waals surface area contributed by atoms with E-state index in [9.17, 15) is 4.79 Å². The molecule has 0 amide bonds. The van der Waals surface area contributed by atoms with E-state index >= 15 is 0 Å².